The van der Waals surface area contributed by atoms with Crippen molar-refractivity contribution in [3.63, 3.8) is 0 Å². The molecule has 4 nitrogen and oxygen atoms in total. The van der Waals surface area contributed by atoms with Crippen LogP contribution in [0.15, 0.2) is 76.8 Å². The van der Waals surface area contributed by atoms with Crippen molar-refractivity contribution < 1.29 is 9.53 Å². The maximum absolute atomic E-state index is 12.4. The Morgan fingerprint density at radius 2 is 1.90 bits per heavy atom. The molecular formula is C23H15BrClIN2O2. The van der Waals surface area contributed by atoms with Crippen molar-refractivity contribution in [2.75, 3.05) is 5.32 Å². The first-order valence-corrected chi connectivity index (χ1v) is 11.1. The van der Waals surface area contributed by atoms with E-state index in [9.17, 15) is 10.1 Å². The van der Waals surface area contributed by atoms with E-state index < -0.39 is 5.91 Å². The topological polar surface area (TPSA) is 62.1 Å². The molecule has 3 rings (SSSR count). The number of rotatable bonds is 6. The van der Waals surface area contributed by atoms with Gasteiger partial charge >= 0.3 is 0 Å². The summed E-state index contributed by atoms with van der Waals surface area (Å²) >= 11 is 11.7. The second kappa shape index (κ2) is 10.6. The lowest BCUT2D eigenvalue weighted by molar-refractivity contribution is -0.112. The molecule has 0 heterocycles. The standard InChI is InChI=1S/C23H15BrClIN2O2/c24-18-6-8-19(9-7-18)28-23(29)17(13-27)11-15-5-10-22(21(26)12-15)30-14-16-3-1-2-4-20(16)25/h1-12H,14H2,(H,28,29)/b17-11-. The summed E-state index contributed by atoms with van der Waals surface area (Å²) in [5, 5.41) is 12.8. The predicted octanol–water partition coefficient (Wildman–Crippen LogP) is 6.83. The molecule has 0 saturated carbocycles. The van der Waals surface area contributed by atoms with Crippen molar-refractivity contribution >= 4 is 67.8 Å². The maximum atomic E-state index is 12.4. The molecule has 0 aliphatic heterocycles. The molecule has 0 radical (unpaired) electrons. The van der Waals surface area contributed by atoms with E-state index in [1.165, 1.54) is 0 Å². The highest BCUT2D eigenvalue weighted by Gasteiger charge is 2.11. The highest BCUT2D eigenvalue weighted by atomic mass is 127. The smallest absolute Gasteiger partial charge is 0.266 e. The van der Waals surface area contributed by atoms with Gasteiger partial charge in [-0.2, -0.15) is 5.26 Å². The lowest BCUT2D eigenvalue weighted by Gasteiger charge is -2.10. The Hall–Kier alpha value is -2.34. The summed E-state index contributed by atoms with van der Waals surface area (Å²) in [6.45, 7) is 0.351. The number of ether oxygens (including phenoxy) is 1. The molecule has 0 fully saturated rings. The number of carbonyl (C=O) groups excluding carboxylic acids is 1. The molecule has 0 aliphatic carbocycles. The minimum atomic E-state index is -0.464. The van der Waals surface area contributed by atoms with Crippen LogP contribution in [0.2, 0.25) is 5.02 Å². The molecule has 3 aromatic rings. The predicted molar refractivity (Wildman–Crippen MR) is 131 cm³/mol. The average molecular weight is 594 g/mol. The Morgan fingerprint density at radius 3 is 2.57 bits per heavy atom. The Kier molecular flexibility index (Phi) is 7.91. The van der Waals surface area contributed by atoms with E-state index in [0.717, 1.165) is 19.2 Å². The third kappa shape index (κ3) is 6.08. The summed E-state index contributed by atoms with van der Waals surface area (Å²) < 4.78 is 7.63. The van der Waals surface area contributed by atoms with Crippen LogP contribution in [-0.2, 0) is 11.4 Å². The summed E-state index contributed by atoms with van der Waals surface area (Å²) in [5.74, 6) is 0.236. The summed E-state index contributed by atoms with van der Waals surface area (Å²) in [6.07, 6.45) is 1.55. The molecule has 0 atom stereocenters. The van der Waals surface area contributed by atoms with Crippen LogP contribution in [0.25, 0.3) is 6.08 Å². The highest BCUT2D eigenvalue weighted by Crippen LogP contribution is 2.26. The van der Waals surface area contributed by atoms with Crippen LogP contribution < -0.4 is 10.1 Å². The number of carbonyl (C=O) groups is 1. The van der Waals surface area contributed by atoms with Crippen molar-refractivity contribution in [3.05, 3.63) is 96.5 Å². The largest absolute Gasteiger partial charge is 0.488 e. The lowest BCUT2D eigenvalue weighted by atomic mass is 10.1. The fraction of sp³-hybridized carbons (Fsp3) is 0.0435. The summed E-state index contributed by atoms with van der Waals surface area (Å²) in [4.78, 5) is 12.4. The van der Waals surface area contributed by atoms with Gasteiger partial charge in [0.25, 0.3) is 5.91 Å². The number of halogens is 3. The van der Waals surface area contributed by atoms with Gasteiger partial charge in [0, 0.05) is 20.7 Å². The van der Waals surface area contributed by atoms with E-state index in [4.69, 9.17) is 16.3 Å². The summed E-state index contributed by atoms with van der Waals surface area (Å²) in [5.41, 5.74) is 2.25. The zero-order valence-electron chi connectivity index (χ0n) is 15.5. The van der Waals surface area contributed by atoms with Crippen LogP contribution in [0, 0.1) is 14.9 Å². The number of anilines is 1. The zero-order chi connectivity index (χ0) is 21.5. The van der Waals surface area contributed by atoms with E-state index in [1.54, 1.807) is 24.3 Å². The molecule has 0 saturated heterocycles. The van der Waals surface area contributed by atoms with Crippen molar-refractivity contribution in [2.24, 2.45) is 0 Å². The molecular weight excluding hydrogens is 579 g/mol. The SMILES string of the molecule is N#C/C(=C/c1ccc(OCc2ccccc2Cl)c(I)c1)C(=O)Nc1ccc(Br)cc1. The molecule has 1 N–H and O–H groups in total. The summed E-state index contributed by atoms with van der Waals surface area (Å²) in [6, 6.07) is 22.1. The number of nitrogens with one attached hydrogen (secondary N) is 1. The Labute approximate surface area is 201 Å². The summed E-state index contributed by atoms with van der Waals surface area (Å²) in [7, 11) is 0. The Balaban J connectivity index is 1.71. The van der Waals surface area contributed by atoms with Crippen LogP contribution in [0.1, 0.15) is 11.1 Å². The van der Waals surface area contributed by atoms with Gasteiger partial charge in [0.05, 0.1) is 3.57 Å². The highest BCUT2D eigenvalue weighted by molar-refractivity contribution is 14.1. The van der Waals surface area contributed by atoms with E-state index >= 15 is 0 Å². The van der Waals surface area contributed by atoms with Crippen molar-refractivity contribution in [2.45, 2.75) is 6.61 Å². The zero-order valence-corrected chi connectivity index (χ0v) is 20.0. The molecule has 150 valence electrons. The van der Waals surface area contributed by atoms with Crippen molar-refractivity contribution in [3.8, 4) is 11.8 Å². The van der Waals surface area contributed by atoms with Gasteiger partial charge in [0.1, 0.15) is 24.0 Å². The molecule has 0 unspecified atom stereocenters. The normalized spacial score (nSPS) is 10.9. The lowest BCUT2D eigenvalue weighted by Crippen LogP contribution is -2.13. The first-order valence-electron chi connectivity index (χ1n) is 8.81. The Morgan fingerprint density at radius 1 is 1.17 bits per heavy atom. The number of hydrogen-bond acceptors (Lipinski definition) is 3. The van der Waals surface area contributed by atoms with Crippen LogP contribution in [0.5, 0.6) is 5.75 Å². The molecule has 0 bridgehead atoms. The van der Waals surface area contributed by atoms with Crippen LogP contribution >= 0.6 is 50.1 Å². The number of amides is 1. The number of nitriles is 1. The molecule has 0 aliphatic rings. The van der Waals surface area contributed by atoms with Gasteiger partial charge in [-0.15, -0.1) is 0 Å². The quantitative estimate of drug-likeness (QED) is 0.194. The monoisotopic (exact) mass is 592 g/mol. The first kappa shape index (κ1) is 22.3. The van der Waals surface area contributed by atoms with Gasteiger partial charge in [0.15, 0.2) is 0 Å². The molecule has 3 aromatic carbocycles. The Bertz CT molecular complexity index is 1140. The first-order chi connectivity index (χ1) is 14.5. The third-order valence-corrected chi connectivity index (χ3v) is 5.82. The second-order valence-electron chi connectivity index (χ2n) is 6.20. The fourth-order valence-electron chi connectivity index (χ4n) is 2.54. The van der Waals surface area contributed by atoms with Gasteiger partial charge < -0.3 is 10.1 Å². The van der Waals surface area contributed by atoms with Gasteiger partial charge in [-0.1, -0.05) is 51.8 Å². The average Bonchev–Trinajstić information content (AvgIpc) is 2.74. The van der Waals surface area contributed by atoms with E-state index in [-0.39, 0.29) is 5.57 Å². The molecule has 30 heavy (non-hydrogen) atoms. The minimum Gasteiger partial charge on any atom is -0.488 e. The second-order valence-corrected chi connectivity index (χ2v) is 8.69. The van der Waals surface area contributed by atoms with E-state index in [2.05, 4.69) is 43.8 Å². The number of benzene rings is 3. The maximum Gasteiger partial charge on any atom is 0.266 e. The van der Waals surface area contributed by atoms with Gasteiger partial charge in [-0.25, -0.2) is 0 Å². The number of nitrogens with zero attached hydrogens (tertiary/aromatic N) is 1. The van der Waals surface area contributed by atoms with Crippen molar-refractivity contribution in [1.29, 1.82) is 5.26 Å². The number of hydrogen-bond donors (Lipinski definition) is 1. The third-order valence-electron chi connectivity index (χ3n) is 4.08. The van der Waals surface area contributed by atoms with Gasteiger partial charge in [0.2, 0.25) is 0 Å². The molecule has 0 aromatic heterocycles. The molecule has 1 amide bonds. The van der Waals surface area contributed by atoms with Gasteiger partial charge in [-0.3, -0.25) is 4.79 Å². The minimum absolute atomic E-state index is 0.0125. The van der Waals surface area contributed by atoms with Crippen molar-refractivity contribution in [1.82, 2.24) is 0 Å². The molecule has 0 spiro atoms. The van der Waals surface area contributed by atoms with E-state index in [0.29, 0.717) is 23.1 Å². The van der Waals surface area contributed by atoms with Gasteiger partial charge in [-0.05, 0) is 76.7 Å². The van der Waals surface area contributed by atoms with Crippen LogP contribution in [-0.4, -0.2) is 5.91 Å². The van der Waals surface area contributed by atoms with E-state index in [1.807, 2.05) is 54.6 Å². The van der Waals surface area contributed by atoms with Crippen LogP contribution in [0.3, 0.4) is 0 Å². The van der Waals surface area contributed by atoms with Crippen LogP contribution in [0.4, 0.5) is 5.69 Å². The molecule has 7 heteroatoms. The fourth-order valence-corrected chi connectivity index (χ4v) is 3.69.